The van der Waals surface area contributed by atoms with Crippen molar-refractivity contribution < 1.29 is 23.8 Å². The van der Waals surface area contributed by atoms with Crippen LogP contribution in [0.2, 0.25) is 0 Å². The van der Waals surface area contributed by atoms with Gasteiger partial charge in [-0.15, -0.1) is 11.3 Å². The van der Waals surface area contributed by atoms with Crippen molar-refractivity contribution in [1.82, 2.24) is 9.88 Å². The van der Waals surface area contributed by atoms with Crippen LogP contribution in [0.4, 0.5) is 0 Å². The van der Waals surface area contributed by atoms with E-state index in [2.05, 4.69) is 4.98 Å². The number of nitrogens with zero attached hydrogens (tertiary/aromatic N) is 2. The van der Waals surface area contributed by atoms with Crippen LogP contribution in [0.15, 0.2) is 28.3 Å². The Morgan fingerprint density at radius 3 is 3.05 bits per heavy atom. The Morgan fingerprint density at radius 2 is 2.33 bits per heavy atom. The zero-order valence-corrected chi connectivity index (χ0v) is 11.7. The van der Waals surface area contributed by atoms with Crippen molar-refractivity contribution in [3.8, 4) is 10.6 Å². The molecule has 1 aliphatic rings. The standard InChI is InChI=1S/C13H12N2O5S/c16-12(15-3-4-19-8(6-15)13(17)18)10-11(20-7-14-10)9-2-1-5-21-9/h1-2,5,7-8H,3-4,6H2,(H,17,18)/t8-/m1/s1. The van der Waals surface area contributed by atoms with Crippen LogP contribution in [0, 0.1) is 0 Å². The Morgan fingerprint density at radius 1 is 1.48 bits per heavy atom. The highest BCUT2D eigenvalue weighted by Crippen LogP contribution is 2.28. The molecule has 1 aliphatic heterocycles. The summed E-state index contributed by atoms with van der Waals surface area (Å²) in [6.07, 6.45) is 0.219. The number of carboxylic acid groups (broad SMARTS) is 1. The first-order chi connectivity index (χ1) is 10.2. The molecule has 0 unspecified atom stereocenters. The lowest BCUT2D eigenvalue weighted by Crippen LogP contribution is -2.48. The molecule has 1 N–H and O–H groups in total. The average Bonchev–Trinajstić information content (AvgIpc) is 3.17. The molecule has 1 fully saturated rings. The zero-order chi connectivity index (χ0) is 14.8. The molecule has 0 bridgehead atoms. The number of ether oxygens (including phenoxy) is 1. The van der Waals surface area contributed by atoms with Gasteiger partial charge in [0.15, 0.2) is 24.0 Å². The van der Waals surface area contributed by atoms with Gasteiger partial charge in [0.1, 0.15) is 0 Å². The van der Waals surface area contributed by atoms with E-state index in [0.717, 1.165) is 4.88 Å². The van der Waals surface area contributed by atoms with Crippen molar-refractivity contribution in [2.45, 2.75) is 6.10 Å². The van der Waals surface area contributed by atoms with E-state index in [1.165, 1.54) is 22.6 Å². The number of hydrogen-bond donors (Lipinski definition) is 1. The number of carboxylic acids is 1. The third-order valence-electron chi connectivity index (χ3n) is 3.14. The maximum Gasteiger partial charge on any atom is 0.334 e. The molecule has 21 heavy (non-hydrogen) atoms. The smallest absolute Gasteiger partial charge is 0.334 e. The van der Waals surface area contributed by atoms with Gasteiger partial charge in [0.05, 0.1) is 18.0 Å². The first kappa shape index (κ1) is 13.8. The third-order valence-corrected chi connectivity index (χ3v) is 4.01. The van der Waals surface area contributed by atoms with E-state index in [-0.39, 0.29) is 24.8 Å². The Kier molecular flexibility index (Phi) is 3.72. The Balaban J connectivity index is 1.83. The molecule has 7 nitrogen and oxygen atoms in total. The molecular formula is C13H12N2O5S. The molecule has 3 rings (SSSR count). The molecule has 0 spiro atoms. The lowest BCUT2D eigenvalue weighted by Gasteiger charge is -2.30. The molecule has 1 saturated heterocycles. The van der Waals surface area contributed by atoms with Gasteiger partial charge < -0.3 is 19.2 Å². The van der Waals surface area contributed by atoms with Gasteiger partial charge in [-0.2, -0.15) is 0 Å². The molecule has 2 aromatic rings. The molecular weight excluding hydrogens is 296 g/mol. The Hall–Kier alpha value is -2.19. The number of carbonyl (C=O) groups is 2. The fourth-order valence-electron chi connectivity index (χ4n) is 2.11. The van der Waals surface area contributed by atoms with Crippen molar-refractivity contribution in [2.75, 3.05) is 19.7 Å². The molecule has 3 heterocycles. The fourth-order valence-corrected chi connectivity index (χ4v) is 2.83. The largest absolute Gasteiger partial charge is 0.479 e. The average molecular weight is 308 g/mol. The summed E-state index contributed by atoms with van der Waals surface area (Å²) in [4.78, 5) is 29.7. The van der Waals surface area contributed by atoms with Gasteiger partial charge in [0, 0.05) is 6.54 Å². The van der Waals surface area contributed by atoms with Gasteiger partial charge in [-0.1, -0.05) is 6.07 Å². The van der Waals surface area contributed by atoms with E-state index in [9.17, 15) is 9.59 Å². The predicted molar refractivity (Wildman–Crippen MR) is 73.1 cm³/mol. The lowest BCUT2D eigenvalue weighted by molar-refractivity contribution is -0.154. The van der Waals surface area contributed by atoms with Crippen LogP contribution in [-0.2, 0) is 9.53 Å². The van der Waals surface area contributed by atoms with Crippen LogP contribution in [0.5, 0.6) is 0 Å². The van der Waals surface area contributed by atoms with Gasteiger partial charge in [-0.3, -0.25) is 4.79 Å². The van der Waals surface area contributed by atoms with E-state index in [1.54, 1.807) is 0 Å². The van der Waals surface area contributed by atoms with E-state index in [0.29, 0.717) is 12.3 Å². The maximum absolute atomic E-state index is 12.5. The predicted octanol–water partition coefficient (Wildman–Crippen LogP) is 1.33. The third kappa shape index (κ3) is 2.67. The second-order valence-corrected chi connectivity index (χ2v) is 5.40. The Bertz CT molecular complexity index is 651. The lowest BCUT2D eigenvalue weighted by atomic mass is 10.2. The van der Waals surface area contributed by atoms with Gasteiger partial charge in [0.2, 0.25) is 0 Å². The molecule has 110 valence electrons. The van der Waals surface area contributed by atoms with Crippen LogP contribution >= 0.6 is 11.3 Å². The number of carbonyl (C=O) groups excluding carboxylic acids is 1. The van der Waals surface area contributed by atoms with Crippen molar-refractivity contribution in [3.63, 3.8) is 0 Å². The second kappa shape index (κ2) is 5.66. The summed E-state index contributed by atoms with van der Waals surface area (Å²) >= 11 is 1.44. The quantitative estimate of drug-likeness (QED) is 0.919. The zero-order valence-electron chi connectivity index (χ0n) is 10.9. The van der Waals surface area contributed by atoms with E-state index in [4.69, 9.17) is 14.3 Å². The van der Waals surface area contributed by atoms with Crippen LogP contribution in [0.1, 0.15) is 10.5 Å². The topological polar surface area (TPSA) is 92.9 Å². The normalized spacial score (nSPS) is 18.7. The number of aromatic nitrogens is 1. The summed E-state index contributed by atoms with van der Waals surface area (Å²) in [5.74, 6) is -1.01. The van der Waals surface area contributed by atoms with Crippen LogP contribution < -0.4 is 0 Å². The summed E-state index contributed by atoms with van der Waals surface area (Å²) in [6.45, 7) is 0.527. The highest BCUT2D eigenvalue weighted by Gasteiger charge is 2.32. The van der Waals surface area contributed by atoms with Crippen LogP contribution in [-0.4, -0.2) is 52.7 Å². The molecule has 0 aromatic carbocycles. The summed E-state index contributed by atoms with van der Waals surface area (Å²) in [5, 5.41) is 10.9. The number of oxazole rings is 1. The van der Waals surface area contributed by atoms with Crippen LogP contribution in [0.25, 0.3) is 10.6 Å². The monoisotopic (exact) mass is 308 g/mol. The minimum absolute atomic E-state index is 0.00487. The summed E-state index contributed by atoms with van der Waals surface area (Å²) < 4.78 is 10.4. The first-order valence-electron chi connectivity index (χ1n) is 6.28. The Labute approximate surface area is 123 Å². The van der Waals surface area contributed by atoms with Gasteiger partial charge in [0.25, 0.3) is 5.91 Å². The number of rotatable bonds is 3. The molecule has 8 heteroatoms. The van der Waals surface area contributed by atoms with E-state index in [1.807, 2.05) is 17.5 Å². The minimum atomic E-state index is -1.08. The second-order valence-electron chi connectivity index (χ2n) is 4.46. The van der Waals surface area contributed by atoms with Crippen molar-refractivity contribution >= 4 is 23.2 Å². The van der Waals surface area contributed by atoms with E-state index >= 15 is 0 Å². The van der Waals surface area contributed by atoms with Crippen molar-refractivity contribution in [1.29, 1.82) is 0 Å². The van der Waals surface area contributed by atoms with Crippen LogP contribution in [0.3, 0.4) is 0 Å². The fraction of sp³-hybridized carbons (Fsp3) is 0.308. The molecule has 1 amide bonds. The van der Waals surface area contributed by atoms with E-state index < -0.39 is 12.1 Å². The number of amides is 1. The maximum atomic E-state index is 12.5. The number of aliphatic carboxylic acids is 1. The SMILES string of the molecule is O=C(O)[C@H]1CN(C(=O)c2ncoc2-c2cccs2)CCO1. The van der Waals surface area contributed by atoms with Crippen molar-refractivity contribution in [3.05, 3.63) is 29.6 Å². The molecule has 1 atom stereocenters. The summed E-state index contributed by atoms with van der Waals surface area (Å²) in [5.41, 5.74) is 0.198. The van der Waals surface area contributed by atoms with Crippen molar-refractivity contribution in [2.24, 2.45) is 0 Å². The highest BCUT2D eigenvalue weighted by atomic mass is 32.1. The molecule has 0 radical (unpaired) electrons. The number of hydrogen-bond acceptors (Lipinski definition) is 6. The summed E-state index contributed by atoms with van der Waals surface area (Å²) in [7, 11) is 0. The number of morpholine rings is 1. The first-order valence-corrected chi connectivity index (χ1v) is 7.16. The van der Waals surface area contributed by atoms with Gasteiger partial charge in [-0.05, 0) is 11.4 Å². The summed E-state index contributed by atoms with van der Waals surface area (Å²) in [6, 6.07) is 3.69. The van der Waals surface area contributed by atoms with Gasteiger partial charge in [-0.25, -0.2) is 9.78 Å². The molecule has 2 aromatic heterocycles. The minimum Gasteiger partial charge on any atom is -0.479 e. The number of thiophene rings is 1. The molecule has 0 aliphatic carbocycles. The van der Waals surface area contributed by atoms with Gasteiger partial charge >= 0.3 is 5.97 Å². The molecule has 0 saturated carbocycles. The highest BCUT2D eigenvalue weighted by molar-refractivity contribution is 7.13.